The van der Waals surface area contributed by atoms with Gasteiger partial charge in [-0.25, -0.2) is 9.59 Å². The number of hydrogen-bond donors (Lipinski definition) is 0. The van der Waals surface area contributed by atoms with Gasteiger partial charge in [0.25, 0.3) is 0 Å². The van der Waals surface area contributed by atoms with Crippen molar-refractivity contribution in [2.24, 2.45) is 0 Å². The maximum atomic E-state index is 11.6. The second-order valence-corrected chi connectivity index (χ2v) is 4.10. The topological polar surface area (TPSA) is 78.9 Å². The first kappa shape index (κ1) is 11.5. The average Bonchev–Trinajstić information content (AvgIpc) is 2.37. The van der Waals surface area contributed by atoms with E-state index < -0.39 is 26.5 Å². The molecule has 1 heterocycles. The number of hydrogen-bond acceptors (Lipinski definition) is 6. The molecule has 0 spiro atoms. The van der Waals surface area contributed by atoms with Crippen molar-refractivity contribution in [1.29, 1.82) is 0 Å². The molecule has 1 aliphatic rings. The summed E-state index contributed by atoms with van der Waals surface area (Å²) < 4.78 is 14.1. The molecule has 1 aromatic carbocycles. The van der Waals surface area contributed by atoms with Gasteiger partial charge in [-0.1, -0.05) is 12.1 Å². The van der Waals surface area contributed by atoms with E-state index in [4.69, 9.17) is 9.05 Å². The molecule has 0 aliphatic carbocycles. The maximum Gasteiger partial charge on any atom is 0.537 e. The molecule has 1 aliphatic heterocycles. The van der Waals surface area contributed by atoms with Crippen molar-refractivity contribution in [2.45, 2.75) is 6.92 Å². The molecule has 7 heteroatoms. The molecular formula is C10H7O6P. The lowest BCUT2D eigenvalue weighted by atomic mass is 10.1. The highest BCUT2D eigenvalue weighted by atomic mass is 31.2. The molecule has 0 aromatic heterocycles. The predicted molar refractivity (Wildman–Crippen MR) is 56.0 cm³/mol. The van der Waals surface area contributed by atoms with Crippen molar-refractivity contribution in [3.63, 3.8) is 0 Å². The number of fused-ring (bicyclic) bond motifs is 1. The van der Waals surface area contributed by atoms with Crippen LogP contribution in [-0.4, -0.2) is 17.9 Å². The minimum Gasteiger partial charge on any atom is -0.375 e. The number of carbonyl (C=O) groups is 3. The Bertz CT molecular complexity index is 460. The molecule has 1 aromatic rings. The Morgan fingerprint density at radius 3 is 2.00 bits per heavy atom. The minimum atomic E-state index is -2.31. The van der Waals surface area contributed by atoms with E-state index in [1.54, 1.807) is 12.1 Å². The maximum absolute atomic E-state index is 11.6. The van der Waals surface area contributed by atoms with E-state index in [1.807, 2.05) is 0 Å². The number of carbonyl (C=O) groups excluding carboxylic acids is 3. The van der Waals surface area contributed by atoms with Crippen molar-refractivity contribution < 1.29 is 28.0 Å². The van der Waals surface area contributed by atoms with Crippen LogP contribution in [0.1, 0.15) is 27.6 Å². The van der Waals surface area contributed by atoms with Gasteiger partial charge in [-0.3, -0.25) is 4.79 Å². The van der Waals surface area contributed by atoms with Crippen LogP contribution in [0.5, 0.6) is 0 Å². The van der Waals surface area contributed by atoms with Gasteiger partial charge in [0.05, 0.1) is 11.1 Å². The van der Waals surface area contributed by atoms with E-state index in [9.17, 15) is 14.4 Å². The molecule has 0 amide bonds. The Morgan fingerprint density at radius 1 is 1.12 bits per heavy atom. The van der Waals surface area contributed by atoms with Crippen molar-refractivity contribution in [2.75, 3.05) is 0 Å². The van der Waals surface area contributed by atoms with Crippen LogP contribution in [0.2, 0.25) is 0 Å². The molecule has 0 radical (unpaired) electrons. The summed E-state index contributed by atoms with van der Waals surface area (Å²) in [6.45, 7) is 1.13. The third-order valence-electron chi connectivity index (χ3n) is 1.88. The Balaban J connectivity index is 2.32. The zero-order valence-corrected chi connectivity index (χ0v) is 9.60. The zero-order valence-electron chi connectivity index (χ0n) is 8.71. The molecule has 0 saturated carbocycles. The lowest BCUT2D eigenvalue weighted by Gasteiger charge is -2.09. The molecule has 0 saturated heterocycles. The van der Waals surface area contributed by atoms with Crippen molar-refractivity contribution in [3.8, 4) is 0 Å². The zero-order chi connectivity index (χ0) is 12.4. The summed E-state index contributed by atoms with van der Waals surface area (Å²) in [5, 5.41) is 0. The van der Waals surface area contributed by atoms with Gasteiger partial charge in [0, 0.05) is 6.92 Å². The second kappa shape index (κ2) is 4.51. The highest BCUT2D eigenvalue weighted by Gasteiger charge is 2.34. The van der Waals surface area contributed by atoms with Crippen LogP contribution in [0.4, 0.5) is 0 Å². The summed E-state index contributed by atoms with van der Waals surface area (Å²) in [4.78, 5) is 33.9. The lowest BCUT2D eigenvalue weighted by molar-refractivity contribution is -0.132. The average molecular weight is 254 g/mol. The molecule has 0 unspecified atom stereocenters. The van der Waals surface area contributed by atoms with Gasteiger partial charge in [-0.05, 0) is 12.1 Å². The normalized spacial score (nSPS) is 15.4. The van der Waals surface area contributed by atoms with Crippen molar-refractivity contribution in [3.05, 3.63) is 35.4 Å². The first-order valence-corrected chi connectivity index (χ1v) is 5.70. The van der Waals surface area contributed by atoms with Gasteiger partial charge in [0.1, 0.15) is 0 Å². The summed E-state index contributed by atoms with van der Waals surface area (Å²) in [5.41, 5.74) is 0.185. The highest BCUT2D eigenvalue weighted by molar-refractivity contribution is 7.43. The van der Waals surface area contributed by atoms with E-state index in [2.05, 4.69) is 4.52 Å². The van der Waals surface area contributed by atoms with Crippen LogP contribution in [0.15, 0.2) is 24.3 Å². The van der Waals surface area contributed by atoms with Crippen LogP contribution < -0.4 is 0 Å². The standard InChI is InChI=1S/C10H7O6P/c1-6(11)14-17-15-9(12)7-4-2-3-5-8(7)10(13)16-17/h2-5H,1H3. The fraction of sp³-hybridized carbons (Fsp3) is 0.100. The van der Waals surface area contributed by atoms with Gasteiger partial charge < -0.3 is 13.6 Å². The Kier molecular flexibility index (Phi) is 3.06. The third-order valence-corrected chi connectivity index (χ3v) is 2.92. The van der Waals surface area contributed by atoms with Gasteiger partial charge in [-0.2, -0.15) is 0 Å². The fourth-order valence-electron chi connectivity index (χ4n) is 1.23. The highest BCUT2D eigenvalue weighted by Crippen LogP contribution is 2.44. The predicted octanol–water partition coefficient (Wildman–Crippen LogP) is 1.80. The number of rotatable bonds is 1. The second-order valence-electron chi connectivity index (χ2n) is 3.11. The molecule has 0 bridgehead atoms. The van der Waals surface area contributed by atoms with Gasteiger partial charge in [0.2, 0.25) is 0 Å². The smallest absolute Gasteiger partial charge is 0.375 e. The van der Waals surface area contributed by atoms with E-state index in [0.29, 0.717) is 0 Å². The van der Waals surface area contributed by atoms with E-state index >= 15 is 0 Å². The molecule has 0 fully saturated rings. The monoisotopic (exact) mass is 254 g/mol. The van der Waals surface area contributed by atoms with E-state index in [1.165, 1.54) is 12.1 Å². The van der Waals surface area contributed by atoms with Crippen LogP contribution in [0.25, 0.3) is 0 Å². The summed E-state index contributed by atoms with van der Waals surface area (Å²) in [5.74, 6) is -2.19. The van der Waals surface area contributed by atoms with Crippen LogP contribution >= 0.6 is 8.60 Å². The minimum absolute atomic E-state index is 0.0923. The Hall–Kier alpha value is -1.94. The van der Waals surface area contributed by atoms with Gasteiger partial charge >= 0.3 is 26.5 Å². The van der Waals surface area contributed by atoms with Crippen LogP contribution in [-0.2, 0) is 18.4 Å². The molecule has 2 rings (SSSR count). The Morgan fingerprint density at radius 2 is 1.59 bits per heavy atom. The summed E-state index contributed by atoms with van der Waals surface area (Å²) in [7, 11) is -2.31. The molecule has 6 nitrogen and oxygen atoms in total. The number of benzene rings is 1. The summed E-state index contributed by atoms with van der Waals surface area (Å²) in [6, 6.07) is 6.05. The molecule has 88 valence electrons. The first-order valence-electron chi connectivity index (χ1n) is 4.60. The molecule has 17 heavy (non-hydrogen) atoms. The van der Waals surface area contributed by atoms with Crippen molar-refractivity contribution in [1.82, 2.24) is 0 Å². The quantitative estimate of drug-likeness (QED) is 0.711. The largest absolute Gasteiger partial charge is 0.537 e. The SMILES string of the molecule is CC(=O)OP1OC(=O)c2ccccc2C(=O)O1. The molecule has 0 atom stereocenters. The van der Waals surface area contributed by atoms with Gasteiger partial charge in [-0.15, -0.1) is 0 Å². The third kappa shape index (κ3) is 2.42. The van der Waals surface area contributed by atoms with Crippen molar-refractivity contribution >= 4 is 26.5 Å². The Labute approximate surface area is 97.5 Å². The summed E-state index contributed by atoms with van der Waals surface area (Å²) >= 11 is 0. The first-order chi connectivity index (χ1) is 8.08. The molecule has 0 N–H and O–H groups in total. The molecular weight excluding hydrogens is 247 g/mol. The van der Waals surface area contributed by atoms with E-state index in [-0.39, 0.29) is 11.1 Å². The summed E-state index contributed by atoms with van der Waals surface area (Å²) in [6.07, 6.45) is 0. The van der Waals surface area contributed by atoms with Crippen LogP contribution in [0, 0.1) is 0 Å². The van der Waals surface area contributed by atoms with E-state index in [0.717, 1.165) is 6.92 Å². The van der Waals surface area contributed by atoms with Crippen LogP contribution in [0.3, 0.4) is 0 Å². The fourth-order valence-corrected chi connectivity index (χ4v) is 2.02. The van der Waals surface area contributed by atoms with Gasteiger partial charge in [0.15, 0.2) is 0 Å². The lowest BCUT2D eigenvalue weighted by Crippen LogP contribution is -2.04.